The Morgan fingerprint density at radius 2 is 2.18 bits per heavy atom. The van der Waals surface area contributed by atoms with Gasteiger partial charge in [0.1, 0.15) is 0 Å². The first-order valence-corrected chi connectivity index (χ1v) is 7.28. The molecule has 0 heterocycles. The second-order valence-corrected chi connectivity index (χ2v) is 5.46. The number of terminal acetylenes is 1. The van der Waals surface area contributed by atoms with Gasteiger partial charge in [-0.05, 0) is 19.8 Å². The fourth-order valence-corrected chi connectivity index (χ4v) is 1.94. The molecule has 2 unspecified atom stereocenters. The smallest absolute Gasteiger partial charge is 0.222 e. The number of carbonyl (C=O) groups is 1. The van der Waals surface area contributed by atoms with Crippen LogP contribution in [0.1, 0.15) is 33.1 Å². The van der Waals surface area contributed by atoms with Crippen molar-refractivity contribution in [2.75, 3.05) is 18.1 Å². The molecule has 4 heteroatoms. The Bertz CT molecular complexity index is 248. The van der Waals surface area contributed by atoms with Crippen LogP contribution in [0.15, 0.2) is 0 Å². The molecule has 3 N–H and O–H groups in total. The van der Waals surface area contributed by atoms with Crippen LogP contribution in [0.25, 0.3) is 0 Å². The van der Waals surface area contributed by atoms with Gasteiger partial charge in [0.15, 0.2) is 0 Å². The van der Waals surface area contributed by atoms with E-state index in [1.54, 1.807) is 11.8 Å². The standard InChI is InChI=1S/C13H24N2OS/c1-4-9-17-10-8-15-13(16)11(2)6-5-7-12(3)14/h1,11-12H,5-10,14H2,2-3H3,(H,15,16). The number of hydrogen-bond acceptors (Lipinski definition) is 3. The van der Waals surface area contributed by atoms with Crippen molar-refractivity contribution >= 4 is 17.7 Å². The van der Waals surface area contributed by atoms with E-state index < -0.39 is 0 Å². The van der Waals surface area contributed by atoms with Crippen molar-refractivity contribution in [1.29, 1.82) is 0 Å². The number of thioether (sulfide) groups is 1. The van der Waals surface area contributed by atoms with Crippen LogP contribution in [0, 0.1) is 18.3 Å². The highest BCUT2D eigenvalue weighted by molar-refractivity contribution is 7.99. The summed E-state index contributed by atoms with van der Waals surface area (Å²) in [7, 11) is 0. The van der Waals surface area contributed by atoms with Gasteiger partial charge in [0.25, 0.3) is 0 Å². The Hall–Kier alpha value is -0.660. The van der Waals surface area contributed by atoms with E-state index in [2.05, 4.69) is 11.2 Å². The van der Waals surface area contributed by atoms with Crippen molar-refractivity contribution in [3.8, 4) is 12.3 Å². The van der Waals surface area contributed by atoms with Crippen LogP contribution < -0.4 is 11.1 Å². The van der Waals surface area contributed by atoms with E-state index in [-0.39, 0.29) is 17.9 Å². The quantitative estimate of drug-likeness (QED) is 0.487. The molecular weight excluding hydrogens is 232 g/mol. The van der Waals surface area contributed by atoms with Crippen molar-refractivity contribution < 1.29 is 4.79 Å². The lowest BCUT2D eigenvalue weighted by Gasteiger charge is -2.12. The van der Waals surface area contributed by atoms with E-state index in [1.807, 2.05) is 13.8 Å². The number of carbonyl (C=O) groups excluding carboxylic acids is 1. The topological polar surface area (TPSA) is 55.1 Å². The van der Waals surface area contributed by atoms with E-state index >= 15 is 0 Å². The molecule has 3 nitrogen and oxygen atoms in total. The zero-order valence-corrected chi connectivity index (χ0v) is 11.7. The second kappa shape index (κ2) is 10.5. The maximum atomic E-state index is 11.7. The average Bonchev–Trinajstić information content (AvgIpc) is 2.27. The third-order valence-corrected chi connectivity index (χ3v) is 3.34. The van der Waals surface area contributed by atoms with Gasteiger partial charge in [0.2, 0.25) is 5.91 Å². The summed E-state index contributed by atoms with van der Waals surface area (Å²) >= 11 is 1.66. The first kappa shape index (κ1) is 16.3. The molecule has 0 spiro atoms. The fourth-order valence-electron chi connectivity index (χ4n) is 1.43. The SMILES string of the molecule is C#CCSCCNC(=O)C(C)CCCC(C)N. The van der Waals surface area contributed by atoms with Crippen molar-refractivity contribution in [1.82, 2.24) is 5.32 Å². The van der Waals surface area contributed by atoms with Crippen LogP contribution in [0.3, 0.4) is 0 Å². The minimum absolute atomic E-state index is 0.0754. The van der Waals surface area contributed by atoms with Crippen LogP contribution >= 0.6 is 11.8 Å². The zero-order chi connectivity index (χ0) is 13.1. The predicted molar refractivity (Wildman–Crippen MR) is 75.8 cm³/mol. The van der Waals surface area contributed by atoms with Gasteiger partial charge in [-0.15, -0.1) is 18.2 Å². The monoisotopic (exact) mass is 256 g/mol. The second-order valence-electron chi connectivity index (χ2n) is 4.36. The Morgan fingerprint density at radius 1 is 1.47 bits per heavy atom. The maximum Gasteiger partial charge on any atom is 0.222 e. The predicted octanol–water partition coefficient (Wildman–Crippen LogP) is 1.62. The van der Waals surface area contributed by atoms with Crippen molar-refractivity contribution in [2.24, 2.45) is 11.7 Å². The minimum Gasteiger partial charge on any atom is -0.355 e. The molecule has 98 valence electrons. The number of nitrogens with two attached hydrogens (primary N) is 1. The summed E-state index contributed by atoms with van der Waals surface area (Å²) < 4.78 is 0. The summed E-state index contributed by atoms with van der Waals surface area (Å²) in [6, 6.07) is 0.227. The lowest BCUT2D eigenvalue weighted by molar-refractivity contribution is -0.124. The summed E-state index contributed by atoms with van der Waals surface area (Å²) in [6.45, 7) is 4.65. The molecule has 0 bridgehead atoms. The van der Waals surface area contributed by atoms with Gasteiger partial charge in [-0.1, -0.05) is 19.3 Å². The highest BCUT2D eigenvalue weighted by atomic mass is 32.2. The summed E-state index contributed by atoms with van der Waals surface area (Å²) in [6.07, 6.45) is 8.03. The maximum absolute atomic E-state index is 11.7. The number of rotatable bonds is 9. The number of hydrogen-bond donors (Lipinski definition) is 2. The highest BCUT2D eigenvalue weighted by Gasteiger charge is 2.11. The van der Waals surface area contributed by atoms with Crippen LogP contribution in [0.4, 0.5) is 0 Å². The van der Waals surface area contributed by atoms with E-state index in [1.165, 1.54) is 0 Å². The highest BCUT2D eigenvalue weighted by Crippen LogP contribution is 2.09. The molecule has 0 fully saturated rings. The number of nitrogens with one attached hydrogen (secondary N) is 1. The molecule has 2 atom stereocenters. The molecule has 0 aromatic rings. The summed E-state index contributed by atoms with van der Waals surface area (Å²) in [4.78, 5) is 11.7. The molecule has 0 saturated heterocycles. The molecule has 0 saturated carbocycles. The van der Waals surface area contributed by atoms with Gasteiger partial charge in [-0.3, -0.25) is 4.79 Å². The molecule has 0 aliphatic heterocycles. The third kappa shape index (κ3) is 10.2. The third-order valence-electron chi connectivity index (χ3n) is 2.48. The summed E-state index contributed by atoms with van der Waals surface area (Å²) in [5.74, 6) is 4.35. The van der Waals surface area contributed by atoms with Crippen LogP contribution in [0.5, 0.6) is 0 Å². The normalized spacial score (nSPS) is 13.8. The largest absolute Gasteiger partial charge is 0.355 e. The van der Waals surface area contributed by atoms with Gasteiger partial charge >= 0.3 is 0 Å². The Labute approximate surface area is 109 Å². The van der Waals surface area contributed by atoms with Crippen molar-refractivity contribution in [3.63, 3.8) is 0 Å². The first-order valence-electron chi connectivity index (χ1n) is 6.12. The van der Waals surface area contributed by atoms with E-state index in [0.717, 1.165) is 25.0 Å². The molecule has 0 aromatic carbocycles. The van der Waals surface area contributed by atoms with Crippen molar-refractivity contribution in [3.05, 3.63) is 0 Å². The number of amides is 1. The molecule has 1 amide bonds. The first-order chi connectivity index (χ1) is 8.07. The van der Waals surface area contributed by atoms with E-state index in [9.17, 15) is 4.79 Å². The lowest BCUT2D eigenvalue weighted by atomic mass is 10.0. The van der Waals surface area contributed by atoms with Gasteiger partial charge in [0.05, 0.1) is 5.75 Å². The Morgan fingerprint density at radius 3 is 2.76 bits per heavy atom. The van der Waals surface area contributed by atoms with Gasteiger partial charge < -0.3 is 11.1 Å². The summed E-state index contributed by atoms with van der Waals surface area (Å²) in [5, 5.41) is 2.92. The average molecular weight is 256 g/mol. The van der Waals surface area contributed by atoms with Crippen LogP contribution in [0.2, 0.25) is 0 Å². The Kier molecular flexibility index (Phi) is 10.1. The minimum atomic E-state index is 0.0754. The lowest BCUT2D eigenvalue weighted by Crippen LogP contribution is -2.31. The molecule has 0 aliphatic rings. The van der Waals surface area contributed by atoms with Crippen LogP contribution in [-0.2, 0) is 4.79 Å². The zero-order valence-electron chi connectivity index (χ0n) is 10.9. The molecule has 17 heavy (non-hydrogen) atoms. The van der Waals surface area contributed by atoms with Gasteiger partial charge in [-0.25, -0.2) is 0 Å². The molecule has 0 aliphatic carbocycles. The fraction of sp³-hybridized carbons (Fsp3) is 0.769. The van der Waals surface area contributed by atoms with Gasteiger partial charge in [-0.2, -0.15) is 0 Å². The molecule has 0 aromatic heterocycles. The molecule has 0 radical (unpaired) electrons. The molecule has 0 rings (SSSR count). The van der Waals surface area contributed by atoms with E-state index in [0.29, 0.717) is 12.3 Å². The van der Waals surface area contributed by atoms with Crippen molar-refractivity contribution in [2.45, 2.75) is 39.2 Å². The molecular formula is C13H24N2OS. The van der Waals surface area contributed by atoms with Gasteiger partial charge in [0, 0.05) is 24.3 Å². The Balaban J connectivity index is 3.51. The summed E-state index contributed by atoms with van der Waals surface area (Å²) in [5.41, 5.74) is 5.66. The van der Waals surface area contributed by atoms with E-state index in [4.69, 9.17) is 12.2 Å². The van der Waals surface area contributed by atoms with Crippen LogP contribution in [-0.4, -0.2) is 30.0 Å².